The Hall–Kier alpha value is -0.210. The van der Waals surface area contributed by atoms with Crippen LogP contribution in [0, 0.1) is 0 Å². The topological polar surface area (TPSA) is 26.0 Å². The highest BCUT2D eigenvalue weighted by Gasteiger charge is 1.95. The Morgan fingerprint density at radius 2 is 1.89 bits per heavy atom. The number of rotatable bonds is 3. The van der Waals surface area contributed by atoms with E-state index in [4.69, 9.17) is 5.73 Å². The van der Waals surface area contributed by atoms with Crippen molar-refractivity contribution in [3.8, 4) is 0 Å². The SMILES string of the molecule is NCCC[SH]1C=CC=C1. The van der Waals surface area contributed by atoms with Gasteiger partial charge in [0.2, 0.25) is 0 Å². The number of thiol groups is 1. The van der Waals surface area contributed by atoms with Gasteiger partial charge in [0.15, 0.2) is 0 Å². The molecule has 0 aromatic rings. The van der Waals surface area contributed by atoms with Crippen molar-refractivity contribution in [2.45, 2.75) is 6.42 Å². The molecule has 0 saturated carbocycles. The van der Waals surface area contributed by atoms with Crippen molar-refractivity contribution >= 4 is 10.9 Å². The lowest BCUT2D eigenvalue weighted by Gasteiger charge is -2.06. The van der Waals surface area contributed by atoms with Crippen LogP contribution in [0.1, 0.15) is 6.42 Å². The quantitative estimate of drug-likeness (QED) is 0.573. The molecule has 52 valence electrons. The molecular formula is C7H13NS. The zero-order valence-electron chi connectivity index (χ0n) is 5.46. The minimum Gasteiger partial charge on any atom is -0.330 e. The smallest absolute Gasteiger partial charge is 0.00698 e. The first-order valence-electron chi connectivity index (χ1n) is 3.24. The molecule has 0 unspecified atom stereocenters. The maximum atomic E-state index is 5.37. The lowest BCUT2D eigenvalue weighted by Crippen LogP contribution is -2.00. The summed E-state index contributed by atoms with van der Waals surface area (Å²) in [5.41, 5.74) is 5.37. The molecule has 0 fully saturated rings. The zero-order valence-corrected chi connectivity index (χ0v) is 6.35. The van der Waals surface area contributed by atoms with Crippen molar-refractivity contribution in [2.75, 3.05) is 12.3 Å². The van der Waals surface area contributed by atoms with Gasteiger partial charge in [-0.3, -0.25) is 0 Å². The number of hydrogen-bond acceptors (Lipinski definition) is 1. The second-order valence-corrected chi connectivity index (χ2v) is 4.14. The van der Waals surface area contributed by atoms with E-state index in [0.717, 1.165) is 6.54 Å². The summed E-state index contributed by atoms with van der Waals surface area (Å²) < 4.78 is 0. The van der Waals surface area contributed by atoms with Gasteiger partial charge in [-0.2, -0.15) is 0 Å². The van der Waals surface area contributed by atoms with E-state index in [0.29, 0.717) is 0 Å². The first-order valence-corrected chi connectivity index (χ1v) is 4.91. The molecule has 0 bridgehead atoms. The van der Waals surface area contributed by atoms with Crippen LogP contribution in [0.2, 0.25) is 0 Å². The van der Waals surface area contributed by atoms with Crippen LogP contribution in [0.5, 0.6) is 0 Å². The van der Waals surface area contributed by atoms with E-state index in [-0.39, 0.29) is 10.9 Å². The van der Waals surface area contributed by atoms with Crippen LogP contribution in [0.15, 0.2) is 23.0 Å². The van der Waals surface area contributed by atoms with Crippen LogP contribution in [0.25, 0.3) is 0 Å². The molecule has 1 aliphatic heterocycles. The van der Waals surface area contributed by atoms with Crippen molar-refractivity contribution in [1.29, 1.82) is 0 Å². The van der Waals surface area contributed by atoms with Crippen molar-refractivity contribution in [1.82, 2.24) is 0 Å². The molecule has 0 saturated heterocycles. The summed E-state index contributed by atoms with van der Waals surface area (Å²) in [6.07, 6.45) is 5.42. The first-order chi connectivity index (χ1) is 4.43. The summed E-state index contributed by atoms with van der Waals surface area (Å²) in [6.45, 7) is 0.834. The summed E-state index contributed by atoms with van der Waals surface area (Å²) >= 11 is 0. The summed E-state index contributed by atoms with van der Waals surface area (Å²) in [4.78, 5) is 0. The molecule has 0 aromatic heterocycles. The Morgan fingerprint density at radius 3 is 2.44 bits per heavy atom. The van der Waals surface area contributed by atoms with Crippen LogP contribution in [-0.4, -0.2) is 12.3 Å². The van der Waals surface area contributed by atoms with Crippen LogP contribution in [0.4, 0.5) is 0 Å². The number of allylic oxidation sites excluding steroid dienone is 2. The van der Waals surface area contributed by atoms with Gasteiger partial charge in [0.1, 0.15) is 0 Å². The van der Waals surface area contributed by atoms with Crippen LogP contribution in [-0.2, 0) is 0 Å². The maximum Gasteiger partial charge on any atom is -0.00698 e. The van der Waals surface area contributed by atoms with Gasteiger partial charge in [-0.15, -0.1) is 0 Å². The molecule has 0 aromatic carbocycles. The van der Waals surface area contributed by atoms with Gasteiger partial charge in [-0.05, 0) is 29.5 Å². The van der Waals surface area contributed by atoms with Crippen molar-refractivity contribution < 1.29 is 0 Å². The van der Waals surface area contributed by atoms with Crippen LogP contribution in [0.3, 0.4) is 0 Å². The van der Waals surface area contributed by atoms with Gasteiger partial charge >= 0.3 is 0 Å². The standard InChI is InChI=1S/C7H13NS/c8-4-3-7-9-5-1-2-6-9/h1-2,5-6,9H,3-4,7-8H2. The summed E-state index contributed by atoms with van der Waals surface area (Å²) in [7, 11) is 0.108. The summed E-state index contributed by atoms with van der Waals surface area (Å²) in [6, 6.07) is 0. The second-order valence-electron chi connectivity index (χ2n) is 2.06. The highest BCUT2D eigenvalue weighted by atomic mass is 32.2. The van der Waals surface area contributed by atoms with E-state index in [1.807, 2.05) is 0 Å². The Labute approximate surface area is 59.0 Å². The molecule has 2 N–H and O–H groups in total. The number of hydrogen-bond donors (Lipinski definition) is 2. The fourth-order valence-corrected chi connectivity index (χ4v) is 2.38. The minimum atomic E-state index is 0.108. The van der Waals surface area contributed by atoms with E-state index in [1.165, 1.54) is 12.2 Å². The van der Waals surface area contributed by atoms with E-state index in [2.05, 4.69) is 23.0 Å². The van der Waals surface area contributed by atoms with Crippen molar-refractivity contribution in [3.05, 3.63) is 23.0 Å². The summed E-state index contributed by atoms with van der Waals surface area (Å²) in [5.74, 6) is 1.28. The lowest BCUT2D eigenvalue weighted by atomic mass is 10.5. The third-order valence-corrected chi connectivity index (χ3v) is 3.23. The van der Waals surface area contributed by atoms with Crippen molar-refractivity contribution in [2.24, 2.45) is 5.73 Å². The van der Waals surface area contributed by atoms with E-state index < -0.39 is 0 Å². The highest BCUT2D eigenvalue weighted by Crippen LogP contribution is 2.32. The van der Waals surface area contributed by atoms with Crippen LogP contribution < -0.4 is 5.73 Å². The molecule has 1 rings (SSSR count). The molecule has 0 amide bonds. The average molecular weight is 143 g/mol. The molecule has 9 heavy (non-hydrogen) atoms. The second kappa shape index (κ2) is 3.75. The van der Waals surface area contributed by atoms with E-state index in [9.17, 15) is 0 Å². The lowest BCUT2D eigenvalue weighted by molar-refractivity contribution is 0.943. The van der Waals surface area contributed by atoms with E-state index in [1.54, 1.807) is 0 Å². The van der Waals surface area contributed by atoms with Gasteiger partial charge in [-0.25, -0.2) is 10.9 Å². The van der Waals surface area contributed by atoms with Crippen molar-refractivity contribution in [3.63, 3.8) is 0 Å². The molecule has 1 nitrogen and oxygen atoms in total. The Bertz CT molecular complexity index is 117. The van der Waals surface area contributed by atoms with E-state index >= 15 is 0 Å². The van der Waals surface area contributed by atoms with Gasteiger partial charge in [0, 0.05) is 0 Å². The maximum absolute atomic E-state index is 5.37. The molecule has 0 atom stereocenters. The Kier molecular flexibility index (Phi) is 2.87. The van der Waals surface area contributed by atoms with Gasteiger partial charge in [0.05, 0.1) is 0 Å². The fraction of sp³-hybridized carbons (Fsp3) is 0.429. The molecule has 0 radical (unpaired) electrons. The molecule has 0 spiro atoms. The zero-order chi connectivity index (χ0) is 6.53. The highest BCUT2D eigenvalue weighted by molar-refractivity contribution is 8.22. The predicted octanol–water partition coefficient (Wildman–Crippen LogP) is 1.38. The average Bonchev–Trinajstić information content (AvgIpc) is 2.34. The van der Waals surface area contributed by atoms with Gasteiger partial charge in [0.25, 0.3) is 0 Å². The largest absolute Gasteiger partial charge is 0.330 e. The third kappa shape index (κ3) is 2.24. The molecular weight excluding hydrogens is 130 g/mol. The van der Waals surface area contributed by atoms with Gasteiger partial charge in [-0.1, -0.05) is 12.2 Å². The van der Waals surface area contributed by atoms with Crippen LogP contribution >= 0.6 is 10.9 Å². The summed E-state index contributed by atoms with van der Waals surface area (Å²) in [5, 5.41) is 4.57. The monoisotopic (exact) mass is 143 g/mol. The fourth-order valence-electron chi connectivity index (χ4n) is 0.793. The predicted molar refractivity (Wildman–Crippen MR) is 45.8 cm³/mol. The molecule has 1 aliphatic rings. The number of nitrogens with two attached hydrogens (primary N) is 1. The molecule has 0 aliphatic carbocycles. The van der Waals surface area contributed by atoms with Gasteiger partial charge < -0.3 is 5.73 Å². The Morgan fingerprint density at radius 1 is 1.22 bits per heavy atom. The Balaban J connectivity index is 2.13. The first kappa shape index (κ1) is 6.90. The minimum absolute atomic E-state index is 0.108. The third-order valence-electron chi connectivity index (χ3n) is 1.29. The normalized spacial score (nSPS) is 19.4. The molecule has 1 heterocycles. The molecule has 2 heteroatoms.